The molecular formula is C15H20N4O4. The van der Waals surface area contributed by atoms with Gasteiger partial charge in [0.2, 0.25) is 0 Å². The summed E-state index contributed by atoms with van der Waals surface area (Å²) in [5.41, 5.74) is 0.266. The molecular weight excluding hydrogens is 300 g/mol. The molecule has 1 amide bonds. The van der Waals surface area contributed by atoms with Gasteiger partial charge in [-0.2, -0.15) is 5.10 Å². The molecule has 1 aliphatic rings. The molecule has 0 unspecified atom stereocenters. The van der Waals surface area contributed by atoms with E-state index in [1.54, 1.807) is 24.1 Å². The van der Waals surface area contributed by atoms with Crippen LogP contribution in [0.4, 0.5) is 0 Å². The number of nitrogens with zero attached hydrogens (tertiary/aromatic N) is 4. The third kappa shape index (κ3) is 3.37. The number of aryl methyl sites for hydroxylation is 2. The van der Waals surface area contributed by atoms with Gasteiger partial charge in [-0.15, -0.1) is 0 Å². The molecule has 3 heterocycles. The van der Waals surface area contributed by atoms with Crippen LogP contribution in [0.1, 0.15) is 29.7 Å². The molecule has 23 heavy (non-hydrogen) atoms. The van der Waals surface area contributed by atoms with Gasteiger partial charge in [-0.3, -0.25) is 9.48 Å². The van der Waals surface area contributed by atoms with Crippen LogP contribution in [0, 0.1) is 0 Å². The van der Waals surface area contributed by atoms with Crippen molar-refractivity contribution in [3.8, 4) is 5.75 Å². The Morgan fingerprint density at radius 3 is 3.04 bits per heavy atom. The maximum Gasteiger partial charge on any atom is 0.276 e. The molecule has 8 heteroatoms. The van der Waals surface area contributed by atoms with Crippen molar-refractivity contribution in [2.45, 2.75) is 32.0 Å². The molecule has 0 aromatic carbocycles. The minimum Gasteiger partial charge on any atom is -0.482 e. The fourth-order valence-electron chi connectivity index (χ4n) is 2.57. The highest BCUT2D eigenvalue weighted by Gasteiger charge is 2.37. The second kappa shape index (κ2) is 6.41. The second-order valence-corrected chi connectivity index (χ2v) is 5.66. The Hall–Kier alpha value is -2.35. The average molecular weight is 320 g/mol. The van der Waals surface area contributed by atoms with Gasteiger partial charge in [-0.1, -0.05) is 6.92 Å². The fraction of sp³-hybridized carbons (Fsp3) is 0.533. The van der Waals surface area contributed by atoms with Crippen LogP contribution in [-0.2, 0) is 13.5 Å². The van der Waals surface area contributed by atoms with Crippen LogP contribution in [0.25, 0.3) is 0 Å². The highest BCUT2D eigenvalue weighted by Crippen LogP contribution is 2.20. The highest BCUT2D eigenvalue weighted by molar-refractivity contribution is 5.92. The number of hydrogen-bond acceptors (Lipinski definition) is 6. The standard InChI is InChI=1S/C15H20N4O4/c1-3-4-14-17-11(9-22-14)15(21)19-7-12(20)13(8-19)23-10-5-16-18(2)6-10/h5-6,9,12-13,20H,3-4,7-8H2,1-2H3/t12-,13-/m1/s1. The minimum atomic E-state index is -0.749. The number of hydrogen-bond donors (Lipinski definition) is 1. The predicted molar refractivity (Wildman–Crippen MR) is 80.0 cm³/mol. The average Bonchev–Trinajstić information content (AvgIpc) is 3.22. The fourth-order valence-corrected chi connectivity index (χ4v) is 2.57. The lowest BCUT2D eigenvalue weighted by atomic mass is 10.3. The van der Waals surface area contributed by atoms with E-state index in [9.17, 15) is 9.90 Å². The van der Waals surface area contributed by atoms with Gasteiger partial charge in [0.25, 0.3) is 5.91 Å². The molecule has 0 radical (unpaired) electrons. The summed E-state index contributed by atoms with van der Waals surface area (Å²) in [4.78, 5) is 18.1. The van der Waals surface area contributed by atoms with Gasteiger partial charge in [-0.05, 0) is 6.42 Å². The summed E-state index contributed by atoms with van der Waals surface area (Å²) in [6.07, 6.45) is 5.03. The molecule has 2 aromatic heterocycles. The topological polar surface area (TPSA) is 93.6 Å². The zero-order valence-electron chi connectivity index (χ0n) is 13.2. The maximum atomic E-state index is 12.4. The summed E-state index contributed by atoms with van der Waals surface area (Å²) in [5, 5.41) is 14.1. The predicted octanol–water partition coefficient (Wildman–Crippen LogP) is 0.625. The second-order valence-electron chi connectivity index (χ2n) is 5.66. The van der Waals surface area contributed by atoms with E-state index in [0.29, 0.717) is 24.6 Å². The summed E-state index contributed by atoms with van der Waals surface area (Å²) in [7, 11) is 1.78. The Balaban J connectivity index is 1.63. The molecule has 1 fully saturated rings. The van der Waals surface area contributed by atoms with E-state index >= 15 is 0 Å². The summed E-state index contributed by atoms with van der Waals surface area (Å²) < 4.78 is 12.6. The molecule has 2 atom stereocenters. The Morgan fingerprint density at radius 1 is 1.52 bits per heavy atom. The number of aliphatic hydroxyl groups is 1. The SMILES string of the molecule is CCCc1nc(C(=O)N2C[C@@H](O)[C@H](Oc3cnn(C)c3)C2)co1. The third-order valence-corrected chi connectivity index (χ3v) is 3.73. The lowest BCUT2D eigenvalue weighted by Gasteiger charge is -2.15. The van der Waals surface area contributed by atoms with E-state index in [1.165, 1.54) is 11.2 Å². The van der Waals surface area contributed by atoms with Gasteiger partial charge in [-0.25, -0.2) is 4.98 Å². The Bertz CT molecular complexity index is 681. The zero-order valence-corrected chi connectivity index (χ0v) is 13.2. The Labute approximate surface area is 133 Å². The van der Waals surface area contributed by atoms with Crippen molar-refractivity contribution in [2.24, 2.45) is 7.05 Å². The molecule has 124 valence electrons. The first-order chi connectivity index (χ1) is 11.1. The van der Waals surface area contributed by atoms with Crippen LogP contribution >= 0.6 is 0 Å². The highest BCUT2D eigenvalue weighted by atomic mass is 16.5. The van der Waals surface area contributed by atoms with Gasteiger partial charge < -0.3 is 19.2 Å². The number of aromatic nitrogens is 3. The first-order valence-electron chi connectivity index (χ1n) is 7.64. The largest absolute Gasteiger partial charge is 0.482 e. The number of aliphatic hydroxyl groups excluding tert-OH is 1. The van der Waals surface area contributed by atoms with Gasteiger partial charge >= 0.3 is 0 Å². The monoisotopic (exact) mass is 320 g/mol. The van der Waals surface area contributed by atoms with E-state index < -0.39 is 12.2 Å². The summed E-state index contributed by atoms with van der Waals surface area (Å²) >= 11 is 0. The van der Waals surface area contributed by atoms with Gasteiger partial charge in [0.05, 0.1) is 25.5 Å². The summed E-state index contributed by atoms with van der Waals surface area (Å²) in [5.74, 6) is 0.865. The van der Waals surface area contributed by atoms with Gasteiger partial charge in [0, 0.05) is 13.5 Å². The van der Waals surface area contributed by atoms with Crippen molar-refractivity contribution in [3.05, 3.63) is 30.2 Å². The minimum absolute atomic E-state index is 0.208. The lowest BCUT2D eigenvalue weighted by Crippen LogP contribution is -2.31. The van der Waals surface area contributed by atoms with E-state index in [-0.39, 0.29) is 18.1 Å². The van der Waals surface area contributed by atoms with Crippen molar-refractivity contribution >= 4 is 5.91 Å². The number of rotatable bonds is 5. The first-order valence-corrected chi connectivity index (χ1v) is 7.64. The van der Waals surface area contributed by atoms with Crippen LogP contribution < -0.4 is 4.74 Å². The molecule has 1 aliphatic heterocycles. The molecule has 1 N–H and O–H groups in total. The van der Waals surface area contributed by atoms with Gasteiger partial charge in [0.1, 0.15) is 18.5 Å². The quantitative estimate of drug-likeness (QED) is 0.868. The number of β-amino-alcohol motifs (C(OH)–C–C–N with tert-alkyl or cyclic N) is 1. The maximum absolute atomic E-state index is 12.4. The molecule has 0 saturated carbocycles. The molecule has 8 nitrogen and oxygen atoms in total. The smallest absolute Gasteiger partial charge is 0.276 e. The lowest BCUT2D eigenvalue weighted by molar-refractivity contribution is 0.0728. The summed E-state index contributed by atoms with van der Waals surface area (Å²) in [6.45, 7) is 2.52. The van der Waals surface area contributed by atoms with Crippen LogP contribution in [0.15, 0.2) is 23.1 Å². The van der Waals surface area contributed by atoms with Crippen molar-refractivity contribution in [1.29, 1.82) is 0 Å². The number of carbonyl (C=O) groups is 1. The van der Waals surface area contributed by atoms with Crippen molar-refractivity contribution < 1.29 is 19.1 Å². The van der Waals surface area contributed by atoms with Crippen molar-refractivity contribution in [3.63, 3.8) is 0 Å². The molecule has 0 bridgehead atoms. The molecule has 2 aromatic rings. The van der Waals surface area contributed by atoms with Crippen LogP contribution in [0.3, 0.4) is 0 Å². The third-order valence-electron chi connectivity index (χ3n) is 3.73. The van der Waals surface area contributed by atoms with Crippen molar-refractivity contribution in [2.75, 3.05) is 13.1 Å². The number of carbonyl (C=O) groups excluding carboxylic acids is 1. The molecule has 0 spiro atoms. The Morgan fingerprint density at radius 2 is 2.35 bits per heavy atom. The van der Waals surface area contributed by atoms with E-state index in [1.807, 2.05) is 6.92 Å². The molecule has 1 saturated heterocycles. The number of ether oxygens (including phenoxy) is 1. The number of likely N-dealkylation sites (tertiary alicyclic amines) is 1. The number of amides is 1. The zero-order chi connectivity index (χ0) is 16.4. The van der Waals surface area contributed by atoms with E-state index in [0.717, 1.165) is 6.42 Å². The Kier molecular flexibility index (Phi) is 4.33. The van der Waals surface area contributed by atoms with Crippen molar-refractivity contribution in [1.82, 2.24) is 19.7 Å². The van der Waals surface area contributed by atoms with Gasteiger partial charge in [0.15, 0.2) is 17.3 Å². The number of oxazole rings is 1. The van der Waals surface area contributed by atoms with E-state index in [4.69, 9.17) is 9.15 Å². The normalized spacial score (nSPS) is 20.9. The van der Waals surface area contributed by atoms with Crippen LogP contribution in [-0.4, -0.2) is 56.0 Å². The first kappa shape index (κ1) is 15.5. The van der Waals surface area contributed by atoms with Crippen LogP contribution in [0.5, 0.6) is 5.75 Å². The molecule has 0 aliphatic carbocycles. The van der Waals surface area contributed by atoms with Crippen LogP contribution in [0.2, 0.25) is 0 Å². The van der Waals surface area contributed by atoms with E-state index in [2.05, 4.69) is 10.1 Å². The summed E-state index contributed by atoms with van der Waals surface area (Å²) in [6, 6.07) is 0. The molecule has 3 rings (SSSR count).